The Bertz CT molecular complexity index is 1430. The van der Waals surface area contributed by atoms with Gasteiger partial charge in [0.25, 0.3) is 5.91 Å². The highest BCUT2D eigenvalue weighted by Gasteiger charge is 2.40. The van der Waals surface area contributed by atoms with Crippen molar-refractivity contribution in [1.29, 1.82) is 0 Å². The molecule has 4 rings (SSSR count). The van der Waals surface area contributed by atoms with Crippen molar-refractivity contribution in [2.24, 2.45) is 0 Å². The smallest absolute Gasteiger partial charge is 0.311 e. The van der Waals surface area contributed by atoms with Gasteiger partial charge in [-0.1, -0.05) is 72.3 Å². The minimum absolute atomic E-state index is 0.0159. The quantitative estimate of drug-likeness (QED) is 0.219. The van der Waals surface area contributed by atoms with E-state index in [2.05, 4.69) is 5.32 Å². The fourth-order valence-electron chi connectivity index (χ4n) is 4.32. The molecule has 0 aliphatic rings. The fraction of sp³-hybridized carbons (Fsp3) is 0.207. The molecular weight excluding hydrogens is 525 g/mol. The number of alkyl halides is 4. The van der Waals surface area contributed by atoms with Gasteiger partial charge >= 0.3 is 12.3 Å². The molecule has 198 valence electrons. The number of amides is 1. The molecule has 2 N–H and O–H groups in total. The number of nitrogens with one attached hydrogen (secondary N) is 1. The topological polar surface area (TPSA) is 49.3 Å². The molecule has 4 aromatic carbocycles. The number of aliphatic hydroxyl groups is 1. The van der Waals surface area contributed by atoms with Crippen molar-refractivity contribution in [3.05, 3.63) is 118 Å². The molecule has 0 fully saturated rings. The number of aliphatic hydroxyl groups excluding tert-OH is 1. The van der Waals surface area contributed by atoms with E-state index in [0.717, 1.165) is 12.1 Å². The number of halogens is 6. The first kappa shape index (κ1) is 27.5. The van der Waals surface area contributed by atoms with Gasteiger partial charge in [-0.25, -0.2) is 13.2 Å². The van der Waals surface area contributed by atoms with Gasteiger partial charge in [-0.2, -0.15) is 8.78 Å². The van der Waals surface area contributed by atoms with Gasteiger partial charge < -0.3 is 10.4 Å². The Labute approximate surface area is 220 Å². The number of fused-ring (bicyclic) bond motifs is 1. The van der Waals surface area contributed by atoms with Crippen molar-refractivity contribution in [2.45, 2.75) is 37.3 Å². The largest absolute Gasteiger partial charge is 0.386 e. The maximum atomic E-state index is 13.6. The molecular formula is C29H23ClF5NO2. The lowest BCUT2D eigenvalue weighted by Crippen LogP contribution is -2.41. The molecule has 1 amide bonds. The lowest BCUT2D eigenvalue weighted by molar-refractivity contribution is -0.127. The first-order chi connectivity index (χ1) is 18.0. The Hall–Kier alpha value is -3.49. The van der Waals surface area contributed by atoms with E-state index < -0.39 is 42.6 Å². The van der Waals surface area contributed by atoms with Crippen molar-refractivity contribution in [3.8, 4) is 0 Å². The third-order valence-corrected chi connectivity index (χ3v) is 6.56. The third kappa shape index (κ3) is 6.31. The number of rotatable bonds is 9. The normalized spacial score (nSPS) is 13.5. The number of carbonyl (C=O) groups is 1. The van der Waals surface area contributed by atoms with Gasteiger partial charge in [0, 0.05) is 22.4 Å². The van der Waals surface area contributed by atoms with E-state index in [-0.39, 0.29) is 12.0 Å². The molecule has 0 bridgehead atoms. The number of benzene rings is 4. The summed E-state index contributed by atoms with van der Waals surface area (Å²) >= 11 is 6.27. The molecule has 0 aromatic heterocycles. The summed E-state index contributed by atoms with van der Waals surface area (Å²) in [6.07, 6.45) is -6.30. The van der Waals surface area contributed by atoms with Crippen LogP contribution < -0.4 is 5.32 Å². The van der Waals surface area contributed by atoms with Gasteiger partial charge in [0.15, 0.2) is 0 Å². The molecule has 0 radical (unpaired) electrons. The van der Waals surface area contributed by atoms with Crippen LogP contribution in [0.4, 0.5) is 22.0 Å². The molecule has 2 unspecified atom stereocenters. The standard InChI is InChI=1S/C29H23ClF5NO2/c30-24-9-3-6-21-22(24)7-2-8-23(21)27(38)36-25(26(37)19-10-12-20(31)13-11-19)15-17-4-1-5-18(14-17)16-29(34,35)28(32)33/h1-14,25-26,28,37H,15-16H2,(H,36,38). The lowest BCUT2D eigenvalue weighted by atomic mass is 9.94. The second kappa shape index (κ2) is 11.5. The highest BCUT2D eigenvalue weighted by Crippen LogP contribution is 2.29. The van der Waals surface area contributed by atoms with Crippen molar-refractivity contribution < 1.29 is 31.9 Å². The summed E-state index contributed by atoms with van der Waals surface area (Å²) in [6, 6.07) is 19.9. The van der Waals surface area contributed by atoms with Gasteiger partial charge in [-0.05, 0) is 52.8 Å². The number of hydrogen-bond donors (Lipinski definition) is 2. The Balaban J connectivity index is 1.65. The van der Waals surface area contributed by atoms with E-state index >= 15 is 0 Å². The van der Waals surface area contributed by atoms with E-state index in [4.69, 9.17) is 11.6 Å². The maximum absolute atomic E-state index is 13.6. The van der Waals surface area contributed by atoms with E-state index in [1.807, 2.05) is 0 Å². The Morgan fingerprint density at radius 1 is 0.895 bits per heavy atom. The molecule has 38 heavy (non-hydrogen) atoms. The summed E-state index contributed by atoms with van der Waals surface area (Å²) in [5.41, 5.74) is 1.03. The Morgan fingerprint density at radius 3 is 2.24 bits per heavy atom. The van der Waals surface area contributed by atoms with Crippen LogP contribution in [0.1, 0.15) is 33.2 Å². The molecule has 9 heteroatoms. The minimum atomic E-state index is -4.20. The van der Waals surface area contributed by atoms with E-state index in [1.54, 1.807) is 42.5 Å². The maximum Gasteiger partial charge on any atom is 0.311 e. The van der Waals surface area contributed by atoms with Crippen LogP contribution in [0.15, 0.2) is 84.9 Å². The van der Waals surface area contributed by atoms with E-state index in [9.17, 15) is 31.9 Å². The van der Waals surface area contributed by atoms with Gasteiger partial charge in [0.05, 0.1) is 12.1 Å². The van der Waals surface area contributed by atoms with Crippen LogP contribution in [0.3, 0.4) is 0 Å². The molecule has 0 saturated carbocycles. The molecule has 0 heterocycles. The number of carbonyl (C=O) groups excluding carboxylic acids is 1. The average Bonchev–Trinajstić information content (AvgIpc) is 2.88. The predicted molar refractivity (Wildman–Crippen MR) is 136 cm³/mol. The number of hydrogen-bond acceptors (Lipinski definition) is 2. The van der Waals surface area contributed by atoms with Crippen LogP contribution in [0.25, 0.3) is 10.8 Å². The van der Waals surface area contributed by atoms with Crippen LogP contribution in [0.5, 0.6) is 0 Å². The molecule has 0 saturated heterocycles. The molecule has 2 atom stereocenters. The first-order valence-electron chi connectivity index (χ1n) is 11.7. The van der Waals surface area contributed by atoms with Gasteiger partial charge in [-0.15, -0.1) is 0 Å². The van der Waals surface area contributed by atoms with Gasteiger partial charge in [0.1, 0.15) is 5.82 Å². The molecule has 4 aromatic rings. The van der Waals surface area contributed by atoms with Crippen molar-refractivity contribution in [2.75, 3.05) is 0 Å². The summed E-state index contributed by atoms with van der Waals surface area (Å²) < 4.78 is 66.2. The lowest BCUT2D eigenvalue weighted by Gasteiger charge is -2.25. The van der Waals surface area contributed by atoms with E-state index in [0.29, 0.717) is 32.5 Å². The fourth-order valence-corrected chi connectivity index (χ4v) is 4.56. The second-order valence-corrected chi connectivity index (χ2v) is 9.39. The minimum Gasteiger partial charge on any atom is -0.386 e. The first-order valence-corrected chi connectivity index (χ1v) is 12.1. The van der Waals surface area contributed by atoms with Crippen LogP contribution >= 0.6 is 11.6 Å². The molecule has 0 spiro atoms. The van der Waals surface area contributed by atoms with Crippen LogP contribution in [-0.2, 0) is 12.8 Å². The second-order valence-electron chi connectivity index (χ2n) is 8.98. The Morgan fingerprint density at radius 2 is 1.53 bits per heavy atom. The van der Waals surface area contributed by atoms with Crippen LogP contribution in [0.2, 0.25) is 5.02 Å². The van der Waals surface area contributed by atoms with Crippen LogP contribution in [0, 0.1) is 5.82 Å². The van der Waals surface area contributed by atoms with Gasteiger partial charge in [0.2, 0.25) is 0 Å². The van der Waals surface area contributed by atoms with Crippen LogP contribution in [-0.4, -0.2) is 29.4 Å². The zero-order chi connectivity index (χ0) is 27.4. The van der Waals surface area contributed by atoms with Gasteiger partial charge in [-0.3, -0.25) is 4.79 Å². The zero-order valence-corrected chi connectivity index (χ0v) is 20.6. The third-order valence-electron chi connectivity index (χ3n) is 6.23. The van der Waals surface area contributed by atoms with Crippen molar-refractivity contribution >= 4 is 28.3 Å². The summed E-state index contributed by atoms with van der Waals surface area (Å²) in [6.45, 7) is 0. The monoisotopic (exact) mass is 547 g/mol. The summed E-state index contributed by atoms with van der Waals surface area (Å²) in [5.74, 6) is -5.23. The highest BCUT2D eigenvalue weighted by atomic mass is 35.5. The highest BCUT2D eigenvalue weighted by molar-refractivity contribution is 6.36. The average molecular weight is 548 g/mol. The van der Waals surface area contributed by atoms with Crippen molar-refractivity contribution in [3.63, 3.8) is 0 Å². The molecule has 0 aliphatic carbocycles. The molecule has 0 aliphatic heterocycles. The predicted octanol–water partition coefficient (Wildman–Crippen LogP) is 7.15. The SMILES string of the molecule is O=C(NC(Cc1cccc(CC(F)(F)C(F)F)c1)C(O)c1ccc(F)cc1)c1cccc2c(Cl)cccc12. The van der Waals surface area contributed by atoms with Crippen molar-refractivity contribution in [1.82, 2.24) is 5.32 Å². The zero-order valence-electron chi connectivity index (χ0n) is 19.9. The summed E-state index contributed by atoms with van der Waals surface area (Å²) in [4.78, 5) is 13.4. The molecule has 3 nitrogen and oxygen atoms in total. The summed E-state index contributed by atoms with van der Waals surface area (Å²) in [5, 5.41) is 15.6. The Kier molecular flexibility index (Phi) is 8.33. The van der Waals surface area contributed by atoms with E-state index in [1.165, 1.54) is 30.3 Å². The summed E-state index contributed by atoms with van der Waals surface area (Å²) in [7, 11) is 0.